The van der Waals surface area contributed by atoms with Gasteiger partial charge in [0.2, 0.25) is 65.1 Å². The lowest BCUT2D eigenvalue weighted by atomic mass is 10.1. The topological polar surface area (TPSA) is 547 Å². The van der Waals surface area contributed by atoms with Gasteiger partial charge in [0.15, 0.2) is 0 Å². The highest BCUT2D eigenvalue weighted by Gasteiger charge is 2.26. The van der Waals surface area contributed by atoms with Crippen molar-refractivity contribution >= 4 is 160 Å². The van der Waals surface area contributed by atoms with Crippen LogP contribution >= 0.6 is 48.9 Å². The van der Waals surface area contributed by atoms with Crippen LogP contribution < -0.4 is 180 Å². The number of hydrogen-bond acceptors (Lipinski definition) is 42. The highest BCUT2D eigenvalue weighted by Crippen LogP contribution is 2.36. The van der Waals surface area contributed by atoms with Gasteiger partial charge in [0, 0.05) is 187 Å². The second-order valence-electron chi connectivity index (χ2n) is 27.5. The third kappa shape index (κ3) is 25.4. The summed E-state index contributed by atoms with van der Waals surface area (Å²) in [5.41, 5.74) is 3.74. The SMILES string of the molecule is CCNc1c(C)c(=O)c1=O.CCNc1c(C)c(=O)c1=O.CN(C)c1c(N(C)C)c(=O)c1=O.CN(C)c1c(N(C)C)c(=S)c1=S.CNc1c(C)c(=O)c1=O.CNc1c(C)c(=O)c1=O.CNc1c(N(C)C)c(=S)c1=S.CNc1c(NCCS(=O)(=O)O)c(=O)c1=O.CNc1c(NCS(=O)(=O)O)c(=O)c1=O.Cc1c(N(C)C)c(=O)c1=O.Cc1c(N(C)C)c(=O)c1=O. The Morgan fingerprint density at radius 3 is 0.664 bits per heavy atom. The molecule has 0 bridgehead atoms. The van der Waals surface area contributed by atoms with Crippen LogP contribution in [0.3, 0.4) is 0 Å². The average molecular weight is 1820 g/mol. The van der Waals surface area contributed by atoms with E-state index in [0.717, 1.165) is 40.8 Å². The molecule has 0 amide bonds. The van der Waals surface area contributed by atoms with Crippen LogP contribution in [0.15, 0.2) is 86.3 Å². The Hall–Kier alpha value is -11.8. The fraction of sp³-hybridized carbons (Fsp3) is 0.421. The van der Waals surface area contributed by atoms with Crippen LogP contribution in [0.1, 0.15) is 47.2 Å². The van der Waals surface area contributed by atoms with Gasteiger partial charge in [0.1, 0.15) is 40.0 Å². The third-order valence-corrected chi connectivity index (χ3v) is 20.5. The lowest BCUT2D eigenvalue weighted by Gasteiger charge is -2.25. The summed E-state index contributed by atoms with van der Waals surface area (Å²) >= 11 is 20.4. The molecule has 0 aromatic heterocycles. The van der Waals surface area contributed by atoms with Gasteiger partial charge in [-0.3, -0.25) is 95.4 Å². The summed E-state index contributed by atoms with van der Waals surface area (Å²) in [4.78, 5) is 206. The van der Waals surface area contributed by atoms with E-state index in [9.17, 15) is 103 Å². The molecule has 0 spiro atoms. The second-order valence-corrected chi connectivity index (χ2v) is 32.2. The summed E-state index contributed by atoms with van der Waals surface area (Å²) in [5, 5.41) is 23.5. The molecule has 11 aromatic rings. The quantitative estimate of drug-likeness (QED) is 0.0219. The van der Waals surface area contributed by atoms with Crippen molar-refractivity contribution in [3.05, 3.63) is 235 Å². The maximum atomic E-state index is 11.0. The highest BCUT2D eigenvalue weighted by molar-refractivity contribution is 7.86. The lowest BCUT2D eigenvalue weighted by Crippen LogP contribution is -2.42. The van der Waals surface area contributed by atoms with Crippen molar-refractivity contribution in [3.8, 4) is 0 Å². The van der Waals surface area contributed by atoms with Crippen LogP contribution in [0.4, 0.5) is 91.0 Å². The summed E-state index contributed by atoms with van der Waals surface area (Å²) in [5.74, 6) is -1.32. The van der Waals surface area contributed by atoms with Gasteiger partial charge in [-0.25, -0.2) is 0 Å². The molecule has 11 N–H and O–H groups in total. The molecule has 666 valence electrons. The molecule has 0 aliphatic heterocycles. The van der Waals surface area contributed by atoms with Gasteiger partial charge < -0.3 is 82.2 Å². The Kier molecular flexibility index (Phi) is 40.5. The fourth-order valence-electron chi connectivity index (χ4n) is 11.0. The monoisotopic (exact) mass is 1810 g/mol. The van der Waals surface area contributed by atoms with Gasteiger partial charge in [-0.15, -0.1) is 0 Å². The maximum Gasteiger partial charge on any atom is 0.283 e. The summed E-state index contributed by atoms with van der Waals surface area (Å²) < 4.78 is 61.3. The van der Waals surface area contributed by atoms with Crippen molar-refractivity contribution < 1.29 is 25.9 Å². The largest absolute Gasteiger partial charge is 0.385 e. The van der Waals surface area contributed by atoms with Crippen molar-refractivity contribution in [1.82, 2.24) is 0 Å². The van der Waals surface area contributed by atoms with Crippen LogP contribution in [-0.4, -0.2) is 191 Å². The van der Waals surface area contributed by atoms with Gasteiger partial charge in [-0.2, -0.15) is 16.8 Å². The second kappa shape index (κ2) is 45.7. The summed E-state index contributed by atoms with van der Waals surface area (Å²) in [6, 6.07) is 0. The zero-order valence-electron chi connectivity index (χ0n) is 72.5. The normalized spacial score (nSPS) is 10.5. The number of nitrogens with zero attached hydrogens (tertiary/aromatic N) is 7. The van der Waals surface area contributed by atoms with Gasteiger partial charge >= 0.3 is 0 Å². The van der Waals surface area contributed by atoms with E-state index in [1.165, 1.54) is 14.1 Å². The first-order chi connectivity index (χ1) is 56.1. The highest BCUT2D eigenvalue weighted by atomic mass is 32.2. The van der Waals surface area contributed by atoms with Crippen molar-refractivity contribution in [2.75, 3.05) is 247 Å². The Balaban J connectivity index is 0.000000673. The van der Waals surface area contributed by atoms with Gasteiger partial charge in [-0.05, 0) is 55.4 Å². The molecule has 11 rings (SSSR count). The lowest BCUT2D eigenvalue weighted by molar-refractivity contribution is 0.482. The van der Waals surface area contributed by atoms with Crippen LogP contribution in [0.25, 0.3) is 0 Å². The molecule has 0 atom stereocenters. The molecule has 0 aliphatic carbocycles. The minimum Gasteiger partial charge on any atom is -0.385 e. The fourth-order valence-corrected chi connectivity index (χ4v) is 13.1. The molecule has 0 saturated heterocycles. The molecule has 122 heavy (non-hydrogen) atoms. The third-order valence-electron chi connectivity index (χ3n) is 17.4. The van der Waals surface area contributed by atoms with E-state index >= 15 is 0 Å². The first kappa shape index (κ1) is 108. The Morgan fingerprint density at radius 1 is 0.246 bits per heavy atom. The maximum absolute atomic E-state index is 11.0. The molecular formula is C76H102N16O24S6. The molecule has 46 heteroatoms. The van der Waals surface area contributed by atoms with Crippen molar-refractivity contribution in [2.45, 2.75) is 55.4 Å². The minimum atomic E-state index is -4.20. The van der Waals surface area contributed by atoms with Gasteiger partial charge in [-0.1, -0.05) is 48.9 Å². The van der Waals surface area contributed by atoms with Crippen molar-refractivity contribution in [2.24, 2.45) is 0 Å². The Bertz CT molecular complexity index is 6360. The molecule has 0 radical (unpaired) electrons. The van der Waals surface area contributed by atoms with Crippen LogP contribution in [0.2, 0.25) is 0 Å². The summed E-state index contributed by atoms with van der Waals surface area (Å²) in [6.07, 6.45) is 0. The minimum absolute atomic E-state index is 0.0265. The first-order valence-electron chi connectivity index (χ1n) is 36.0. The van der Waals surface area contributed by atoms with Crippen LogP contribution in [-0.2, 0) is 20.2 Å². The standard InChI is InChI=1S/C8H12N2O2.C8H12N2S2.C7H10N2O5S.C7H10N2S2.4C7H9NO2.C6H8N2O5S.2C6H7NO2/c2*1-9(2)5-6(10(3)4)8(12)7(5)11;1-8-4-5(7(11)6(4)10)9-2-3-15(12,13)14;1-8-4-5(9(2)3)7(11)6(4)10;2*1-4-5(8(2)3)7(10)6(4)9;2*1-3-8-5-4(2)6(9)7(5)10;1-7-3-4(6(10)5(3)9)8-2-14(11,12)13;2*1-3-4(7-2)6(9)5(3)8/h2*1-4H3;8-9H,2-3H2,1H3,(H,12,13,14);8H,1-3H3;2*1-3H3;2*8H,3H2,1-2H3;7-8H,2H2,1H3,(H,11,12,13);2*7H,1-2H3. The van der Waals surface area contributed by atoms with E-state index in [4.69, 9.17) is 58.0 Å². The summed E-state index contributed by atoms with van der Waals surface area (Å²) in [7, 11) is 25.6. The molecule has 0 saturated carbocycles. The van der Waals surface area contributed by atoms with Gasteiger partial charge in [0.25, 0.3) is 52.8 Å². The molecule has 0 aliphatic rings. The number of nitrogens with one attached hydrogen (secondary N) is 9. The molecule has 0 fully saturated rings. The zero-order valence-corrected chi connectivity index (χ0v) is 77.4. The number of anilines is 16. The molecular weight excluding hydrogens is 1710 g/mol. The first-order valence-corrected chi connectivity index (χ1v) is 40.9. The smallest absolute Gasteiger partial charge is 0.283 e. The van der Waals surface area contributed by atoms with Crippen LogP contribution in [0.5, 0.6) is 0 Å². The van der Waals surface area contributed by atoms with Crippen molar-refractivity contribution in [3.63, 3.8) is 0 Å². The van der Waals surface area contributed by atoms with E-state index in [0.29, 0.717) is 92.0 Å². The Labute approximate surface area is 719 Å². The Morgan fingerprint density at radius 2 is 0.467 bits per heavy atom. The van der Waals surface area contributed by atoms with E-state index in [-0.39, 0.29) is 94.4 Å². The van der Waals surface area contributed by atoms with Gasteiger partial charge in [0.05, 0.1) is 80.7 Å². The van der Waals surface area contributed by atoms with E-state index in [1.807, 2.05) is 77.9 Å². The number of rotatable bonds is 23. The number of hydrogen-bond donors (Lipinski definition) is 11. The summed E-state index contributed by atoms with van der Waals surface area (Å²) in [6.45, 7) is 14.9. The molecule has 11 aromatic carbocycles. The zero-order chi connectivity index (χ0) is 95.3. The average Bonchev–Trinajstić information content (AvgIpc) is 0.763. The molecule has 40 nitrogen and oxygen atoms in total. The van der Waals surface area contributed by atoms with E-state index in [1.54, 1.807) is 132 Å². The predicted octanol–water partition coefficient (Wildman–Crippen LogP) is -0.473. The molecule has 0 heterocycles. The molecule has 0 unspecified atom stereocenters. The van der Waals surface area contributed by atoms with E-state index in [2.05, 4.69) is 47.9 Å². The van der Waals surface area contributed by atoms with Crippen molar-refractivity contribution in [1.29, 1.82) is 0 Å². The predicted molar refractivity (Wildman–Crippen MR) is 503 cm³/mol. The van der Waals surface area contributed by atoms with E-state index < -0.39 is 64.4 Å². The van der Waals surface area contributed by atoms with Crippen LogP contribution in [0, 0.1) is 59.6 Å².